The lowest BCUT2D eigenvalue weighted by molar-refractivity contribution is 0.465. The molecule has 0 spiro atoms. The molecular formula is C24H11BO2. The van der Waals surface area contributed by atoms with Gasteiger partial charge in [-0.3, -0.25) is 0 Å². The number of hydrogen-bond acceptors (Lipinski definition) is 2. The second-order valence-corrected chi connectivity index (χ2v) is 7.69. The van der Waals surface area contributed by atoms with Gasteiger partial charge in [-0.1, -0.05) is 42.5 Å². The number of hydrogen-bond donors (Lipinski definition) is 0. The molecule has 0 N–H and O–H groups in total. The molecule has 3 heterocycles. The third kappa shape index (κ3) is 1.27. The average Bonchev–Trinajstić information content (AvgIpc) is 2.72. The quantitative estimate of drug-likeness (QED) is 0.304. The van der Waals surface area contributed by atoms with E-state index in [0.29, 0.717) is 0 Å². The molecule has 0 fully saturated rings. The summed E-state index contributed by atoms with van der Waals surface area (Å²) < 4.78 is 12.7. The van der Waals surface area contributed by atoms with Gasteiger partial charge in [-0.2, -0.15) is 0 Å². The first kappa shape index (κ1) is 12.8. The smallest absolute Gasteiger partial charge is 0.262 e. The minimum absolute atomic E-state index is 0.177. The molecule has 122 valence electrons. The highest BCUT2D eigenvalue weighted by atomic mass is 16.5. The van der Waals surface area contributed by atoms with E-state index in [1.807, 2.05) is 6.07 Å². The Morgan fingerprint density at radius 1 is 0.444 bits per heavy atom. The molecule has 3 heteroatoms. The lowest BCUT2D eigenvalue weighted by Crippen LogP contribution is -2.59. The Bertz CT molecular complexity index is 1430. The molecule has 2 nitrogen and oxygen atoms in total. The topological polar surface area (TPSA) is 18.5 Å². The summed E-state index contributed by atoms with van der Waals surface area (Å²) in [5.41, 5.74) is 3.77. The van der Waals surface area contributed by atoms with E-state index in [-0.39, 0.29) is 6.71 Å². The van der Waals surface area contributed by atoms with Gasteiger partial charge in [-0.05, 0) is 67.5 Å². The lowest BCUT2D eigenvalue weighted by Gasteiger charge is -2.36. The minimum atomic E-state index is 0.177. The van der Waals surface area contributed by atoms with Gasteiger partial charge in [0.1, 0.15) is 23.0 Å². The van der Waals surface area contributed by atoms with Crippen molar-refractivity contribution >= 4 is 55.4 Å². The van der Waals surface area contributed by atoms with Gasteiger partial charge in [0.05, 0.1) is 0 Å². The van der Waals surface area contributed by atoms with Gasteiger partial charge in [0.2, 0.25) is 0 Å². The van der Waals surface area contributed by atoms with Crippen molar-refractivity contribution in [3.05, 3.63) is 66.7 Å². The van der Waals surface area contributed by atoms with Crippen LogP contribution in [0, 0.1) is 0 Å². The SMILES string of the molecule is c1cc2c3c(c1)Oc1ccc4ccc5ccc6ccc(c7c6c5c4c1B37)O2. The zero-order valence-electron chi connectivity index (χ0n) is 14.2. The summed E-state index contributed by atoms with van der Waals surface area (Å²) in [4.78, 5) is 0. The van der Waals surface area contributed by atoms with E-state index in [4.69, 9.17) is 9.47 Å². The van der Waals surface area contributed by atoms with Crippen LogP contribution < -0.4 is 25.9 Å². The van der Waals surface area contributed by atoms with Gasteiger partial charge in [0, 0.05) is 5.46 Å². The third-order valence-electron chi connectivity index (χ3n) is 6.48. The highest BCUT2D eigenvalue weighted by Crippen LogP contribution is 2.43. The largest absolute Gasteiger partial charge is 0.458 e. The van der Waals surface area contributed by atoms with E-state index in [2.05, 4.69) is 60.7 Å². The predicted molar refractivity (Wildman–Crippen MR) is 110 cm³/mol. The van der Waals surface area contributed by atoms with Crippen molar-refractivity contribution in [2.75, 3.05) is 0 Å². The highest BCUT2D eigenvalue weighted by Gasteiger charge is 2.44. The molecular weight excluding hydrogens is 331 g/mol. The van der Waals surface area contributed by atoms with Gasteiger partial charge in [-0.25, -0.2) is 0 Å². The van der Waals surface area contributed by atoms with Crippen molar-refractivity contribution in [3.8, 4) is 23.0 Å². The number of benzene rings is 5. The van der Waals surface area contributed by atoms with Crippen LogP contribution in [0.1, 0.15) is 0 Å². The first-order valence-corrected chi connectivity index (χ1v) is 9.32. The zero-order valence-corrected chi connectivity index (χ0v) is 14.2. The summed E-state index contributed by atoms with van der Waals surface area (Å²) >= 11 is 0. The third-order valence-corrected chi connectivity index (χ3v) is 6.48. The predicted octanol–water partition coefficient (Wildman–Crippen LogP) is 4.19. The monoisotopic (exact) mass is 342 g/mol. The van der Waals surface area contributed by atoms with E-state index >= 15 is 0 Å². The van der Waals surface area contributed by atoms with E-state index in [9.17, 15) is 0 Å². The van der Waals surface area contributed by atoms with Crippen LogP contribution in [0.5, 0.6) is 23.0 Å². The van der Waals surface area contributed by atoms with Crippen LogP contribution in [0.4, 0.5) is 0 Å². The second kappa shape index (κ2) is 3.94. The van der Waals surface area contributed by atoms with E-state index < -0.39 is 0 Å². The molecule has 0 bridgehead atoms. The van der Waals surface area contributed by atoms with Crippen LogP contribution in [0.15, 0.2) is 66.7 Å². The molecule has 3 aliphatic heterocycles. The second-order valence-electron chi connectivity index (χ2n) is 7.69. The Labute approximate surface area is 155 Å². The maximum atomic E-state index is 6.36. The lowest BCUT2D eigenvalue weighted by atomic mass is 9.32. The van der Waals surface area contributed by atoms with Gasteiger partial charge < -0.3 is 9.47 Å². The van der Waals surface area contributed by atoms with Crippen molar-refractivity contribution in [1.82, 2.24) is 0 Å². The summed E-state index contributed by atoms with van der Waals surface area (Å²) in [6, 6.07) is 23.7. The number of rotatable bonds is 0. The summed E-state index contributed by atoms with van der Waals surface area (Å²) in [5.74, 6) is 3.78. The molecule has 27 heavy (non-hydrogen) atoms. The molecule has 5 aromatic rings. The Morgan fingerprint density at radius 2 is 0.889 bits per heavy atom. The van der Waals surface area contributed by atoms with Crippen LogP contribution in [0.3, 0.4) is 0 Å². The first-order chi connectivity index (χ1) is 13.4. The Hall–Kier alpha value is -3.46. The summed E-state index contributed by atoms with van der Waals surface area (Å²) in [6.45, 7) is 0.177. The molecule has 5 aromatic carbocycles. The van der Waals surface area contributed by atoms with Crippen LogP contribution >= 0.6 is 0 Å². The van der Waals surface area contributed by atoms with Crippen LogP contribution in [-0.4, -0.2) is 6.71 Å². The Balaban J connectivity index is 1.77. The van der Waals surface area contributed by atoms with Crippen LogP contribution in [0.2, 0.25) is 0 Å². The van der Waals surface area contributed by atoms with Gasteiger partial charge >= 0.3 is 0 Å². The molecule has 0 amide bonds. The minimum Gasteiger partial charge on any atom is -0.458 e. The molecule has 8 rings (SSSR count). The van der Waals surface area contributed by atoms with E-state index in [1.54, 1.807) is 0 Å². The summed E-state index contributed by atoms with van der Waals surface area (Å²) in [5, 5.41) is 7.85. The average molecular weight is 342 g/mol. The van der Waals surface area contributed by atoms with Crippen molar-refractivity contribution in [3.63, 3.8) is 0 Å². The highest BCUT2D eigenvalue weighted by molar-refractivity contribution is 7.02. The molecule has 0 atom stereocenters. The maximum absolute atomic E-state index is 6.36. The zero-order chi connectivity index (χ0) is 17.3. The number of ether oxygens (including phenoxy) is 2. The van der Waals surface area contributed by atoms with E-state index in [1.165, 1.54) is 48.7 Å². The first-order valence-electron chi connectivity index (χ1n) is 9.32. The maximum Gasteiger partial charge on any atom is 0.262 e. The van der Waals surface area contributed by atoms with Crippen LogP contribution in [0.25, 0.3) is 32.3 Å². The summed E-state index contributed by atoms with van der Waals surface area (Å²) in [7, 11) is 0. The van der Waals surface area contributed by atoms with Crippen molar-refractivity contribution in [2.24, 2.45) is 0 Å². The fourth-order valence-electron chi connectivity index (χ4n) is 5.47. The molecule has 0 saturated heterocycles. The molecule has 0 unspecified atom stereocenters. The molecule has 0 aliphatic carbocycles. The van der Waals surface area contributed by atoms with Crippen molar-refractivity contribution in [2.45, 2.75) is 0 Å². The van der Waals surface area contributed by atoms with Crippen LogP contribution in [-0.2, 0) is 0 Å². The molecule has 0 saturated carbocycles. The normalized spacial score (nSPS) is 14.4. The molecule has 0 radical (unpaired) electrons. The van der Waals surface area contributed by atoms with Crippen molar-refractivity contribution < 1.29 is 9.47 Å². The van der Waals surface area contributed by atoms with Gasteiger partial charge in [-0.15, -0.1) is 0 Å². The fraction of sp³-hybridized carbons (Fsp3) is 0. The van der Waals surface area contributed by atoms with Gasteiger partial charge in [0.15, 0.2) is 0 Å². The van der Waals surface area contributed by atoms with E-state index in [0.717, 1.165) is 23.0 Å². The fourth-order valence-corrected chi connectivity index (χ4v) is 5.47. The summed E-state index contributed by atoms with van der Waals surface area (Å²) in [6.07, 6.45) is 0. The standard InChI is InChI=1S/C24H11BO2/c1-2-15-22-16(3-1)27-18-11-9-14-7-5-12-4-6-13-8-10-17(26-15)23-20(13)19(12)21(14)24(18)25(22)23/h1-11H. The molecule has 0 aromatic heterocycles. The van der Waals surface area contributed by atoms with Gasteiger partial charge in [0.25, 0.3) is 6.71 Å². The van der Waals surface area contributed by atoms with Crippen molar-refractivity contribution in [1.29, 1.82) is 0 Å². The Kier molecular flexibility index (Phi) is 1.87. The Morgan fingerprint density at radius 3 is 1.44 bits per heavy atom. The molecule has 3 aliphatic rings.